The van der Waals surface area contributed by atoms with Crippen molar-refractivity contribution in [1.82, 2.24) is 0 Å². The number of benzene rings is 1. The molecule has 4 nitrogen and oxygen atoms in total. The van der Waals surface area contributed by atoms with Gasteiger partial charge in [-0.2, -0.15) is 0 Å². The van der Waals surface area contributed by atoms with Crippen molar-refractivity contribution < 1.29 is 9.94 Å². The van der Waals surface area contributed by atoms with Crippen LogP contribution >= 0.6 is 11.8 Å². The van der Waals surface area contributed by atoms with Crippen LogP contribution in [0.5, 0.6) is 5.75 Å². The molecular formula is C14H22N2O2S. The van der Waals surface area contributed by atoms with Gasteiger partial charge in [-0.05, 0) is 31.2 Å². The first-order valence-corrected chi connectivity index (χ1v) is 7.52. The maximum Gasteiger partial charge on any atom is 0.174 e. The summed E-state index contributed by atoms with van der Waals surface area (Å²) in [4.78, 5) is 0.971. The normalized spacial score (nSPS) is 13.3. The smallest absolute Gasteiger partial charge is 0.174 e. The van der Waals surface area contributed by atoms with E-state index in [2.05, 4.69) is 19.0 Å². The number of thioether (sulfide) groups is 1. The summed E-state index contributed by atoms with van der Waals surface area (Å²) in [5.74, 6) is 1.68. The van der Waals surface area contributed by atoms with Crippen LogP contribution in [0, 0.1) is 0 Å². The summed E-state index contributed by atoms with van der Waals surface area (Å²) >= 11 is 1.65. The minimum atomic E-state index is 0.0928. The maximum atomic E-state index is 8.94. The molecule has 0 radical (unpaired) electrons. The highest BCUT2D eigenvalue weighted by atomic mass is 32.2. The van der Waals surface area contributed by atoms with E-state index in [0.717, 1.165) is 23.5 Å². The molecule has 0 aliphatic heterocycles. The summed E-state index contributed by atoms with van der Waals surface area (Å²) < 4.78 is 5.91. The summed E-state index contributed by atoms with van der Waals surface area (Å²) in [7, 11) is 0. The van der Waals surface area contributed by atoms with Crippen molar-refractivity contribution in [3.63, 3.8) is 0 Å². The fraction of sp³-hybridized carbons (Fsp3) is 0.500. The predicted molar refractivity (Wildman–Crippen MR) is 80.3 cm³/mol. The van der Waals surface area contributed by atoms with Crippen LogP contribution in [-0.4, -0.2) is 22.9 Å². The number of nitrogens with two attached hydrogens (primary N) is 1. The van der Waals surface area contributed by atoms with E-state index in [1.54, 1.807) is 11.8 Å². The number of amidine groups is 1. The Morgan fingerprint density at radius 3 is 2.79 bits per heavy atom. The van der Waals surface area contributed by atoms with E-state index in [1.807, 2.05) is 25.1 Å². The lowest BCUT2D eigenvalue weighted by molar-refractivity contribution is 0.209. The van der Waals surface area contributed by atoms with Crippen molar-refractivity contribution in [1.29, 1.82) is 0 Å². The van der Waals surface area contributed by atoms with Gasteiger partial charge in [0, 0.05) is 4.90 Å². The Hall–Kier alpha value is -1.36. The minimum absolute atomic E-state index is 0.0928. The molecule has 5 heteroatoms. The van der Waals surface area contributed by atoms with E-state index in [1.165, 1.54) is 0 Å². The maximum absolute atomic E-state index is 8.94. The molecule has 0 saturated heterocycles. The van der Waals surface area contributed by atoms with Crippen molar-refractivity contribution in [2.75, 3.05) is 5.75 Å². The molecule has 1 aromatic rings. The Morgan fingerprint density at radius 1 is 1.47 bits per heavy atom. The van der Waals surface area contributed by atoms with Crippen LogP contribution in [0.2, 0.25) is 0 Å². The highest BCUT2D eigenvalue weighted by molar-refractivity contribution is 7.99. The second-order valence-electron chi connectivity index (χ2n) is 4.26. The highest BCUT2D eigenvalue weighted by Crippen LogP contribution is 2.30. The zero-order valence-corrected chi connectivity index (χ0v) is 12.5. The number of ether oxygens (including phenoxy) is 1. The van der Waals surface area contributed by atoms with E-state index in [0.29, 0.717) is 11.3 Å². The van der Waals surface area contributed by atoms with Gasteiger partial charge in [0.1, 0.15) is 5.75 Å². The Morgan fingerprint density at radius 2 is 2.21 bits per heavy atom. The number of hydrogen-bond acceptors (Lipinski definition) is 4. The summed E-state index contributed by atoms with van der Waals surface area (Å²) in [5.41, 5.74) is 6.46. The molecule has 0 heterocycles. The summed E-state index contributed by atoms with van der Waals surface area (Å²) in [5, 5.41) is 12.1. The Kier molecular flexibility index (Phi) is 6.56. The SMILES string of the molecule is CCCC(C)Oc1cccc(SCC)c1/C(N)=N/O. The molecular weight excluding hydrogens is 260 g/mol. The topological polar surface area (TPSA) is 67.8 Å². The molecule has 0 bridgehead atoms. The van der Waals surface area contributed by atoms with Gasteiger partial charge in [-0.3, -0.25) is 0 Å². The molecule has 1 unspecified atom stereocenters. The van der Waals surface area contributed by atoms with Gasteiger partial charge >= 0.3 is 0 Å². The third kappa shape index (κ3) is 4.35. The van der Waals surface area contributed by atoms with Gasteiger partial charge < -0.3 is 15.7 Å². The quantitative estimate of drug-likeness (QED) is 0.264. The molecule has 1 atom stereocenters. The second kappa shape index (κ2) is 7.94. The third-order valence-electron chi connectivity index (χ3n) is 2.68. The van der Waals surface area contributed by atoms with E-state index in [9.17, 15) is 0 Å². The van der Waals surface area contributed by atoms with Crippen LogP contribution in [0.3, 0.4) is 0 Å². The van der Waals surface area contributed by atoms with Crippen molar-refractivity contribution in [3.8, 4) is 5.75 Å². The van der Waals surface area contributed by atoms with Gasteiger partial charge in [-0.15, -0.1) is 11.8 Å². The number of hydrogen-bond donors (Lipinski definition) is 2. The van der Waals surface area contributed by atoms with Crippen LogP contribution in [0.4, 0.5) is 0 Å². The van der Waals surface area contributed by atoms with Crippen molar-refractivity contribution in [2.45, 2.75) is 44.6 Å². The molecule has 1 rings (SSSR count). The number of oxime groups is 1. The lowest BCUT2D eigenvalue weighted by Gasteiger charge is -2.18. The Labute approximate surface area is 119 Å². The lowest BCUT2D eigenvalue weighted by Crippen LogP contribution is -2.19. The summed E-state index contributed by atoms with van der Waals surface area (Å²) in [6.45, 7) is 6.21. The summed E-state index contributed by atoms with van der Waals surface area (Å²) in [6.07, 6.45) is 2.14. The number of rotatable bonds is 7. The van der Waals surface area contributed by atoms with Crippen LogP contribution in [0.1, 0.15) is 39.2 Å². The molecule has 0 aliphatic carbocycles. The first kappa shape index (κ1) is 15.7. The van der Waals surface area contributed by atoms with Crippen LogP contribution in [0.15, 0.2) is 28.3 Å². The van der Waals surface area contributed by atoms with E-state index in [4.69, 9.17) is 15.7 Å². The fourth-order valence-electron chi connectivity index (χ4n) is 1.87. The van der Waals surface area contributed by atoms with Gasteiger partial charge in [0.05, 0.1) is 11.7 Å². The molecule has 0 saturated carbocycles. The van der Waals surface area contributed by atoms with E-state index < -0.39 is 0 Å². The molecule has 19 heavy (non-hydrogen) atoms. The van der Waals surface area contributed by atoms with Gasteiger partial charge in [0.15, 0.2) is 5.84 Å². The van der Waals surface area contributed by atoms with Gasteiger partial charge in [-0.25, -0.2) is 0 Å². The van der Waals surface area contributed by atoms with Gasteiger partial charge in [0.25, 0.3) is 0 Å². The molecule has 3 N–H and O–H groups in total. The zero-order valence-electron chi connectivity index (χ0n) is 11.7. The molecule has 0 aromatic heterocycles. The van der Waals surface area contributed by atoms with Gasteiger partial charge in [0.2, 0.25) is 0 Å². The van der Waals surface area contributed by atoms with Gasteiger partial charge in [-0.1, -0.05) is 31.5 Å². The predicted octanol–water partition coefficient (Wildman–Crippen LogP) is 3.46. The van der Waals surface area contributed by atoms with Crippen molar-refractivity contribution >= 4 is 17.6 Å². The van der Waals surface area contributed by atoms with Crippen molar-refractivity contribution in [3.05, 3.63) is 23.8 Å². The monoisotopic (exact) mass is 282 g/mol. The first-order chi connectivity index (χ1) is 9.13. The fourth-order valence-corrected chi connectivity index (χ4v) is 2.70. The summed E-state index contributed by atoms with van der Waals surface area (Å²) in [6, 6.07) is 5.75. The average molecular weight is 282 g/mol. The first-order valence-electron chi connectivity index (χ1n) is 6.54. The second-order valence-corrected chi connectivity index (χ2v) is 5.57. The van der Waals surface area contributed by atoms with E-state index >= 15 is 0 Å². The van der Waals surface area contributed by atoms with Crippen LogP contribution in [0.25, 0.3) is 0 Å². The zero-order chi connectivity index (χ0) is 14.3. The number of nitrogens with zero attached hydrogens (tertiary/aromatic N) is 1. The lowest BCUT2D eigenvalue weighted by atomic mass is 10.1. The van der Waals surface area contributed by atoms with Crippen molar-refractivity contribution in [2.24, 2.45) is 10.9 Å². The molecule has 0 amide bonds. The van der Waals surface area contributed by atoms with E-state index in [-0.39, 0.29) is 11.9 Å². The standard InChI is InChI=1S/C14H22N2O2S/c1-4-7-10(3)18-11-8-6-9-12(19-5-2)13(11)14(15)16-17/h6,8-10,17H,4-5,7H2,1-3H3,(H2,15,16). The third-order valence-corrected chi connectivity index (χ3v) is 3.61. The molecule has 0 aliphatic rings. The van der Waals surface area contributed by atoms with Crippen LogP contribution in [-0.2, 0) is 0 Å². The highest BCUT2D eigenvalue weighted by Gasteiger charge is 2.15. The average Bonchev–Trinajstić information content (AvgIpc) is 2.39. The molecule has 0 spiro atoms. The molecule has 106 valence electrons. The Bertz CT molecular complexity index is 435. The molecule has 0 fully saturated rings. The van der Waals surface area contributed by atoms with Crippen LogP contribution < -0.4 is 10.5 Å². The molecule has 1 aromatic carbocycles. The Balaban J connectivity index is 3.11. The largest absolute Gasteiger partial charge is 0.490 e. The minimum Gasteiger partial charge on any atom is -0.490 e.